The van der Waals surface area contributed by atoms with Crippen molar-refractivity contribution in [2.24, 2.45) is 0 Å². The van der Waals surface area contributed by atoms with E-state index in [0.717, 1.165) is 49.4 Å². The third-order valence-corrected chi connectivity index (χ3v) is 9.00. The van der Waals surface area contributed by atoms with Crippen molar-refractivity contribution in [1.29, 1.82) is 0 Å². The fraction of sp³-hybridized carbons (Fsp3) is 0.211. The smallest absolute Gasteiger partial charge is 0.263 e. The number of hydrogen-bond acceptors (Lipinski definition) is 4. The minimum absolute atomic E-state index is 0.115. The minimum Gasteiger partial charge on any atom is -0.368 e. The second-order valence-electron chi connectivity index (χ2n) is 11.7. The highest BCUT2D eigenvalue weighted by Gasteiger charge is 2.27. The number of benzene rings is 4. The number of anilines is 1. The van der Waals surface area contributed by atoms with E-state index in [2.05, 4.69) is 51.3 Å². The molecule has 3 heterocycles. The van der Waals surface area contributed by atoms with Crippen LogP contribution in [0.4, 0.5) is 5.69 Å². The average Bonchev–Trinajstić information content (AvgIpc) is 3.58. The van der Waals surface area contributed by atoms with Crippen molar-refractivity contribution in [3.05, 3.63) is 143 Å². The molecule has 1 atom stereocenters. The summed E-state index contributed by atoms with van der Waals surface area (Å²) < 4.78 is 1.76. The van der Waals surface area contributed by atoms with Crippen LogP contribution in [-0.4, -0.2) is 46.5 Å². The molecule has 7 rings (SSSR count). The van der Waals surface area contributed by atoms with E-state index in [0.29, 0.717) is 28.6 Å². The van der Waals surface area contributed by atoms with Crippen molar-refractivity contribution in [2.75, 3.05) is 31.1 Å². The van der Waals surface area contributed by atoms with E-state index < -0.39 is 0 Å². The predicted octanol–water partition coefficient (Wildman–Crippen LogP) is 6.68. The number of fused-ring (bicyclic) bond motifs is 2. The van der Waals surface area contributed by atoms with Crippen LogP contribution >= 0.6 is 0 Å². The van der Waals surface area contributed by atoms with Gasteiger partial charge in [0.15, 0.2) is 0 Å². The zero-order chi connectivity index (χ0) is 30.8. The van der Waals surface area contributed by atoms with E-state index >= 15 is 0 Å². The molecule has 0 radical (unpaired) electrons. The Kier molecular flexibility index (Phi) is 7.92. The topological polar surface area (TPSA) is 73.4 Å². The number of carbonyl (C=O) groups excluding carboxylic acids is 1. The van der Waals surface area contributed by atoms with Crippen LogP contribution in [0.25, 0.3) is 27.4 Å². The van der Waals surface area contributed by atoms with Gasteiger partial charge < -0.3 is 15.2 Å². The highest BCUT2D eigenvalue weighted by atomic mass is 16.2. The number of rotatable bonds is 8. The van der Waals surface area contributed by atoms with Gasteiger partial charge >= 0.3 is 0 Å². The molecule has 0 bridgehead atoms. The summed E-state index contributed by atoms with van der Waals surface area (Å²) in [5.41, 5.74) is 5.33. The fourth-order valence-electron chi connectivity index (χ4n) is 6.69. The lowest BCUT2D eigenvalue weighted by Crippen LogP contribution is -2.47. The molecule has 6 aromatic rings. The van der Waals surface area contributed by atoms with E-state index in [1.807, 2.05) is 91.1 Å². The number of H-pyrrole nitrogens is 1. The van der Waals surface area contributed by atoms with Gasteiger partial charge in [-0.3, -0.25) is 19.1 Å². The van der Waals surface area contributed by atoms with Gasteiger partial charge in [0.25, 0.3) is 11.5 Å². The van der Waals surface area contributed by atoms with Crippen LogP contribution in [0.5, 0.6) is 0 Å². The molecular weight excluding hydrogens is 558 g/mol. The van der Waals surface area contributed by atoms with Crippen LogP contribution < -0.4 is 15.8 Å². The molecule has 0 unspecified atom stereocenters. The lowest BCUT2D eigenvalue weighted by atomic mass is 9.99. The Morgan fingerprint density at radius 2 is 1.47 bits per heavy atom. The summed E-state index contributed by atoms with van der Waals surface area (Å²) >= 11 is 0. The number of carbonyl (C=O) groups is 1. The maximum atomic E-state index is 14.4. The average molecular weight is 596 g/mol. The van der Waals surface area contributed by atoms with Crippen molar-refractivity contribution in [2.45, 2.75) is 25.9 Å². The van der Waals surface area contributed by atoms with Gasteiger partial charge in [-0.25, -0.2) is 0 Å². The number of pyridine rings is 1. The standard InChI is InChI=1S/C38H37N5O2/c1-2-32(27-12-5-3-6-13-27)40-37(44)36-29-16-9-10-17-30(29)38(45)43(28-14-7-4-8-15-28)35(36)26-41-22-24-42(25-23-41)34-19-11-18-33-31(34)20-21-39-33/h3-21,32,39H,2,22-26H2,1H3,(H,40,44)/t32-/m0/s1. The molecule has 7 nitrogen and oxygen atoms in total. The largest absolute Gasteiger partial charge is 0.368 e. The van der Waals surface area contributed by atoms with E-state index in [4.69, 9.17) is 0 Å². The summed E-state index contributed by atoms with van der Waals surface area (Å²) in [6, 6.07) is 35.6. The highest BCUT2D eigenvalue weighted by Crippen LogP contribution is 2.29. The maximum Gasteiger partial charge on any atom is 0.263 e. The quantitative estimate of drug-likeness (QED) is 0.206. The van der Waals surface area contributed by atoms with E-state index in [1.165, 1.54) is 11.1 Å². The van der Waals surface area contributed by atoms with Crippen molar-refractivity contribution in [3.63, 3.8) is 0 Å². The molecule has 0 saturated carbocycles. The summed E-state index contributed by atoms with van der Waals surface area (Å²) in [7, 11) is 0. The van der Waals surface area contributed by atoms with Gasteiger partial charge in [-0.2, -0.15) is 0 Å². The van der Waals surface area contributed by atoms with Crippen LogP contribution in [0.15, 0.2) is 120 Å². The third-order valence-electron chi connectivity index (χ3n) is 9.00. The van der Waals surface area contributed by atoms with Crippen LogP contribution in [0.1, 0.15) is 41.0 Å². The molecule has 7 heteroatoms. The predicted molar refractivity (Wildman–Crippen MR) is 182 cm³/mol. The molecular formula is C38H37N5O2. The fourth-order valence-corrected chi connectivity index (χ4v) is 6.69. The lowest BCUT2D eigenvalue weighted by molar-refractivity contribution is 0.0934. The van der Waals surface area contributed by atoms with Crippen molar-refractivity contribution in [3.8, 4) is 5.69 Å². The Morgan fingerprint density at radius 3 is 2.20 bits per heavy atom. The van der Waals surface area contributed by atoms with Gasteiger partial charge in [-0.05, 0) is 48.4 Å². The zero-order valence-corrected chi connectivity index (χ0v) is 25.4. The first-order valence-electron chi connectivity index (χ1n) is 15.7. The number of nitrogens with zero attached hydrogens (tertiary/aromatic N) is 3. The second-order valence-corrected chi connectivity index (χ2v) is 11.7. The maximum absolute atomic E-state index is 14.4. The molecule has 1 aliphatic heterocycles. The Hall–Kier alpha value is -5.14. The van der Waals surface area contributed by atoms with Crippen LogP contribution in [-0.2, 0) is 6.54 Å². The van der Waals surface area contributed by atoms with Crippen LogP contribution in [0.3, 0.4) is 0 Å². The second kappa shape index (κ2) is 12.5. The molecule has 4 aromatic carbocycles. The van der Waals surface area contributed by atoms with E-state index in [1.54, 1.807) is 4.57 Å². The first-order chi connectivity index (χ1) is 22.1. The molecule has 1 saturated heterocycles. The summed E-state index contributed by atoms with van der Waals surface area (Å²) in [5, 5.41) is 5.77. The first kappa shape index (κ1) is 28.6. The molecule has 226 valence electrons. The molecule has 1 fully saturated rings. The van der Waals surface area contributed by atoms with Gasteiger partial charge in [0, 0.05) is 72.0 Å². The van der Waals surface area contributed by atoms with E-state index in [9.17, 15) is 9.59 Å². The Morgan fingerprint density at radius 1 is 0.778 bits per heavy atom. The number of aromatic nitrogens is 2. The van der Waals surface area contributed by atoms with Gasteiger partial charge in [-0.15, -0.1) is 0 Å². The molecule has 0 aliphatic carbocycles. The van der Waals surface area contributed by atoms with Gasteiger partial charge in [0.2, 0.25) is 0 Å². The van der Waals surface area contributed by atoms with Gasteiger partial charge in [0.05, 0.1) is 17.3 Å². The SMILES string of the molecule is CC[C@H](NC(=O)c1c(CN2CCN(c3cccc4[nH]ccc34)CC2)n(-c2ccccc2)c(=O)c2ccccc12)c1ccccc1. The normalized spacial score (nSPS) is 14.6. The number of amides is 1. The monoisotopic (exact) mass is 595 g/mol. The van der Waals surface area contributed by atoms with Crippen molar-refractivity contribution < 1.29 is 4.79 Å². The number of para-hydroxylation sites is 1. The Bertz CT molecular complexity index is 2010. The van der Waals surface area contributed by atoms with Crippen LogP contribution in [0, 0.1) is 0 Å². The molecule has 2 N–H and O–H groups in total. The Labute approximate surface area is 262 Å². The van der Waals surface area contributed by atoms with Gasteiger partial charge in [-0.1, -0.05) is 79.7 Å². The molecule has 2 aromatic heterocycles. The summed E-state index contributed by atoms with van der Waals surface area (Å²) in [5.74, 6) is -0.167. The third kappa shape index (κ3) is 5.51. The zero-order valence-electron chi connectivity index (χ0n) is 25.4. The lowest BCUT2D eigenvalue weighted by Gasteiger charge is -2.37. The number of piperazine rings is 1. The molecule has 1 amide bonds. The summed E-state index contributed by atoms with van der Waals surface area (Å²) in [6.07, 6.45) is 2.73. The summed E-state index contributed by atoms with van der Waals surface area (Å²) in [4.78, 5) is 36.8. The van der Waals surface area contributed by atoms with E-state index in [-0.39, 0.29) is 17.5 Å². The van der Waals surface area contributed by atoms with Crippen LogP contribution in [0.2, 0.25) is 0 Å². The van der Waals surface area contributed by atoms with Crippen molar-refractivity contribution in [1.82, 2.24) is 19.8 Å². The molecule has 45 heavy (non-hydrogen) atoms. The van der Waals surface area contributed by atoms with Crippen molar-refractivity contribution >= 4 is 33.3 Å². The summed E-state index contributed by atoms with van der Waals surface area (Å²) in [6.45, 7) is 5.86. The van der Waals surface area contributed by atoms with Gasteiger partial charge in [0.1, 0.15) is 0 Å². The molecule has 0 spiro atoms. The molecule has 1 aliphatic rings. The highest BCUT2D eigenvalue weighted by molar-refractivity contribution is 6.08. The minimum atomic E-state index is -0.167. The number of aromatic amines is 1. The Balaban J connectivity index is 1.28. The number of nitrogens with one attached hydrogen (secondary N) is 2. The first-order valence-corrected chi connectivity index (χ1v) is 15.7. The number of hydrogen-bond donors (Lipinski definition) is 2.